The maximum Gasteiger partial charge on any atom is 0.144 e. The second-order valence-electron chi connectivity index (χ2n) is 7.99. The summed E-state index contributed by atoms with van der Waals surface area (Å²) < 4.78 is 0. The second-order valence-corrected chi connectivity index (χ2v) is 7.99. The van der Waals surface area contributed by atoms with Crippen molar-refractivity contribution in [1.82, 2.24) is 4.90 Å². The fourth-order valence-electron chi connectivity index (χ4n) is 4.58. The molecular formula is C17H30N2O2. The minimum atomic E-state index is -0.424. The molecule has 4 heteroatoms. The molecular weight excluding hydrogens is 264 g/mol. The van der Waals surface area contributed by atoms with Crippen LogP contribution in [-0.4, -0.2) is 48.1 Å². The summed E-state index contributed by atoms with van der Waals surface area (Å²) >= 11 is 0. The van der Waals surface area contributed by atoms with E-state index in [4.69, 9.17) is 4.84 Å². The SMILES string of the molecule is CC12CCC(C/C1=N\OCC(O)CN1CCCC1)C2(C)C. The topological polar surface area (TPSA) is 45.1 Å². The molecule has 0 aromatic heterocycles. The normalized spacial score (nSPS) is 38.3. The van der Waals surface area contributed by atoms with Crippen molar-refractivity contribution in [2.45, 2.75) is 59.0 Å². The monoisotopic (exact) mass is 294 g/mol. The number of aliphatic hydroxyl groups is 1. The van der Waals surface area contributed by atoms with E-state index in [1.807, 2.05) is 0 Å². The predicted octanol–water partition coefficient (Wildman–Crippen LogP) is 2.66. The minimum absolute atomic E-state index is 0.192. The van der Waals surface area contributed by atoms with Crippen LogP contribution in [0.5, 0.6) is 0 Å². The van der Waals surface area contributed by atoms with E-state index >= 15 is 0 Å². The molecule has 1 heterocycles. The number of fused-ring (bicyclic) bond motifs is 2. The van der Waals surface area contributed by atoms with Gasteiger partial charge < -0.3 is 14.8 Å². The van der Waals surface area contributed by atoms with Crippen molar-refractivity contribution in [2.24, 2.45) is 21.9 Å². The molecule has 2 bridgehead atoms. The van der Waals surface area contributed by atoms with Crippen LogP contribution in [0.1, 0.15) is 52.9 Å². The molecule has 3 fully saturated rings. The third-order valence-electron chi connectivity index (χ3n) is 6.62. The average Bonchev–Trinajstić information content (AvgIpc) is 3.04. The molecule has 1 saturated heterocycles. The maximum absolute atomic E-state index is 10.0. The van der Waals surface area contributed by atoms with E-state index in [1.54, 1.807) is 0 Å². The Labute approximate surface area is 128 Å². The molecule has 3 rings (SSSR count). The number of nitrogens with zero attached hydrogens (tertiary/aromatic N) is 2. The van der Waals surface area contributed by atoms with Gasteiger partial charge in [-0.15, -0.1) is 0 Å². The molecule has 0 radical (unpaired) electrons. The number of rotatable bonds is 5. The van der Waals surface area contributed by atoms with Gasteiger partial charge in [-0.2, -0.15) is 0 Å². The van der Waals surface area contributed by atoms with Crippen LogP contribution in [0.15, 0.2) is 5.16 Å². The first-order valence-electron chi connectivity index (χ1n) is 8.53. The minimum Gasteiger partial charge on any atom is -0.393 e. The van der Waals surface area contributed by atoms with Gasteiger partial charge in [0.2, 0.25) is 0 Å². The third kappa shape index (κ3) is 2.61. The molecule has 21 heavy (non-hydrogen) atoms. The first-order chi connectivity index (χ1) is 9.93. The zero-order valence-electron chi connectivity index (χ0n) is 13.8. The summed E-state index contributed by atoms with van der Waals surface area (Å²) in [5, 5.41) is 14.5. The van der Waals surface area contributed by atoms with Crippen LogP contribution in [0, 0.1) is 16.7 Å². The quantitative estimate of drug-likeness (QED) is 0.793. The van der Waals surface area contributed by atoms with Crippen LogP contribution in [-0.2, 0) is 4.84 Å². The van der Waals surface area contributed by atoms with Crippen molar-refractivity contribution in [1.29, 1.82) is 0 Å². The first kappa shape index (κ1) is 15.3. The predicted molar refractivity (Wildman–Crippen MR) is 84.3 cm³/mol. The standard InChI is InChI=1S/C17H30N2O2/c1-16(2)13-6-7-17(16,3)15(10-13)18-21-12-14(20)11-19-8-4-5-9-19/h13-14,20H,4-12H2,1-3H3/b18-15+. The number of β-amino-alcohol motifs (C(OH)–C–C–N with tert-alkyl or cyclic N) is 1. The fourth-order valence-corrected chi connectivity index (χ4v) is 4.58. The molecule has 3 aliphatic rings. The summed E-state index contributed by atoms with van der Waals surface area (Å²) in [7, 11) is 0. The Morgan fingerprint density at radius 2 is 2.05 bits per heavy atom. The molecule has 4 nitrogen and oxygen atoms in total. The summed E-state index contributed by atoms with van der Waals surface area (Å²) in [4.78, 5) is 7.82. The molecule has 0 aromatic rings. The molecule has 2 aliphatic carbocycles. The highest BCUT2D eigenvalue weighted by molar-refractivity contribution is 5.93. The van der Waals surface area contributed by atoms with Gasteiger partial charge >= 0.3 is 0 Å². The van der Waals surface area contributed by atoms with Gasteiger partial charge in [-0.25, -0.2) is 0 Å². The summed E-state index contributed by atoms with van der Waals surface area (Å²) in [5.41, 5.74) is 1.75. The number of hydrogen-bond acceptors (Lipinski definition) is 4. The lowest BCUT2D eigenvalue weighted by Crippen LogP contribution is -2.34. The molecule has 0 amide bonds. The van der Waals surface area contributed by atoms with Gasteiger partial charge in [0.15, 0.2) is 0 Å². The van der Waals surface area contributed by atoms with Crippen LogP contribution in [0.25, 0.3) is 0 Å². The highest BCUT2D eigenvalue weighted by Crippen LogP contribution is 2.63. The highest BCUT2D eigenvalue weighted by Gasteiger charge is 2.60. The molecule has 2 saturated carbocycles. The van der Waals surface area contributed by atoms with Gasteiger partial charge in [0.1, 0.15) is 12.7 Å². The Hall–Kier alpha value is -0.610. The second kappa shape index (κ2) is 5.54. The highest BCUT2D eigenvalue weighted by atomic mass is 16.6. The van der Waals surface area contributed by atoms with E-state index < -0.39 is 6.10 Å². The van der Waals surface area contributed by atoms with Crippen LogP contribution in [0.2, 0.25) is 0 Å². The lowest BCUT2D eigenvalue weighted by molar-refractivity contribution is 0.0214. The Bertz CT molecular complexity index is 415. The molecule has 0 spiro atoms. The van der Waals surface area contributed by atoms with Crippen LogP contribution in [0.4, 0.5) is 0 Å². The van der Waals surface area contributed by atoms with Crippen LogP contribution >= 0.6 is 0 Å². The fraction of sp³-hybridized carbons (Fsp3) is 0.941. The average molecular weight is 294 g/mol. The summed E-state index contributed by atoms with van der Waals surface area (Å²) in [5.74, 6) is 0.749. The summed E-state index contributed by atoms with van der Waals surface area (Å²) in [6, 6.07) is 0. The van der Waals surface area contributed by atoms with Crippen molar-refractivity contribution in [3.05, 3.63) is 0 Å². The van der Waals surface area contributed by atoms with Crippen molar-refractivity contribution in [2.75, 3.05) is 26.2 Å². The Morgan fingerprint density at radius 1 is 1.33 bits per heavy atom. The van der Waals surface area contributed by atoms with Crippen LogP contribution < -0.4 is 0 Å². The zero-order valence-corrected chi connectivity index (χ0v) is 13.8. The van der Waals surface area contributed by atoms with E-state index in [1.165, 1.54) is 31.4 Å². The summed E-state index contributed by atoms with van der Waals surface area (Å²) in [6.07, 6.45) is 5.71. The number of aliphatic hydroxyl groups excluding tert-OH is 1. The lowest BCUT2D eigenvalue weighted by atomic mass is 9.70. The summed E-state index contributed by atoms with van der Waals surface area (Å²) in [6.45, 7) is 10.3. The van der Waals surface area contributed by atoms with E-state index in [0.717, 1.165) is 32.0 Å². The third-order valence-corrected chi connectivity index (χ3v) is 6.62. The van der Waals surface area contributed by atoms with Crippen molar-refractivity contribution >= 4 is 5.71 Å². The van der Waals surface area contributed by atoms with E-state index in [9.17, 15) is 5.11 Å². The van der Waals surface area contributed by atoms with E-state index in [0.29, 0.717) is 12.0 Å². The van der Waals surface area contributed by atoms with Gasteiger partial charge in [0, 0.05) is 12.0 Å². The number of hydrogen-bond donors (Lipinski definition) is 1. The smallest absolute Gasteiger partial charge is 0.144 e. The van der Waals surface area contributed by atoms with Crippen molar-refractivity contribution in [3.8, 4) is 0 Å². The maximum atomic E-state index is 10.0. The lowest BCUT2D eigenvalue weighted by Gasteiger charge is -2.34. The number of oxime groups is 1. The van der Waals surface area contributed by atoms with E-state index in [-0.39, 0.29) is 5.41 Å². The Morgan fingerprint density at radius 3 is 2.62 bits per heavy atom. The van der Waals surface area contributed by atoms with E-state index in [2.05, 4.69) is 30.8 Å². The van der Waals surface area contributed by atoms with Gasteiger partial charge in [0.05, 0.1) is 5.71 Å². The first-order valence-corrected chi connectivity index (χ1v) is 8.53. The number of likely N-dealkylation sites (tertiary alicyclic amines) is 1. The van der Waals surface area contributed by atoms with Crippen molar-refractivity contribution in [3.63, 3.8) is 0 Å². The van der Waals surface area contributed by atoms with Gasteiger partial charge in [-0.1, -0.05) is 25.9 Å². The van der Waals surface area contributed by atoms with Gasteiger partial charge in [0.25, 0.3) is 0 Å². The van der Waals surface area contributed by atoms with Gasteiger partial charge in [-0.3, -0.25) is 0 Å². The molecule has 120 valence electrons. The Balaban J connectivity index is 1.51. The molecule has 1 N–H and O–H groups in total. The molecule has 3 atom stereocenters. The van der Waals surface area contributed by atoms with Gasteiger partial charge in [-0.05, 0) is 56.5 Å². The molecule has 1 aliphatic heterocycles. The molecule has 0 aromatic carbocycles. The van der Waals surface area contributed by atoms with Crippen LogP contribution in [0.3, 0.4) is 0 Å². The van der Waals surface area contributed by atoms with Crippen molar-refractivity contribution < 1.29 is 9.94 Å². The largest absolute Gasteiger partial charge is 0.393 e. The zero-order chi connectivity index (χ0) is 15.1. The Kier molecular flexibility index (Phi) is 4.04. The molecule has 3 unspecified atom stereocenters.